The van der Waals surface area contributed by atoms with Crippen molar-refractivity contribution in [1.82, 2.24) is 4.98 Å². The van der Waals surface area contributed by atoms with Crippen LogP contribution in [0, 0.1) is 0 Å². The lowest BCUT2D eigenvalue weighted by atomic mass is 10.1. The molecular formula is C10H15NO. The highest BCUT2D eigenvalue weighted by molar-refractivity contribution is 5.21. The van der Waals surface area contributed by atoms with Gasteiger partial charge in [-0.3, -0.25) is 4.98 Å². The van der Waals surface area contributed by atoms with Crippen LogP contribution in [0.4, 0.5) is 0 Å². The van der Waals surface area contributed by atoms with E-state index in [4.69, 9.17) is 0 Å². The Morgan fingerprint density at radius 2 is 2.33 bits per heavy atom. The maximum Gasteiger partial charge on any atom is 0.0779 e. The number of hydrogen-bond acceptors (Lipinski definition) is 2. The Kier molecular flexibility index (Phi) is 3.23. The Bertz CT molecular complexity index is 245. The van der Waals surface area contributed by atoms with Gasteiger partial charge in [0.2, 0.25) is 0 Å². The van der Waals surface area contributed by atoms with Gasteiger partial charge in [-0.15, -0.1) is 0 Å². The largest absolute Gasteiger partial charge is 0.389 e. The predicted octanol–water partition coefficient (Wildman–Crippen LogP) is 2.09. The van der Waals surface area contributed by atoms with Gasteiger partial charge in [0.05, 0.1) is 6.10 Å². The molecule has 2 nitrogen and oxygen atoms in total. The van der Waals surface area contributed by atoms with Crippen LogP contribution in [-0.2, 0) is 6.42 Å². The molecule has 0 saturated carbocycles. The van der Waals surface area contributed by atoms with Gasteiger partial charge in [0.15, 0.2) is 0 Å². The molecule has 0 saturated heterocycles. The molecule has 0 aliphatic heterocycles. The molecule has 0 spiro atoms. The number of aromatic nitrogens is 1. The summed E-state index contributed by atoms with van der Waals surface area (Å²) < 4.78 is 0. The number of hydrogen-bond donors (Lipinski definition) is 1. The topological polar surface area (TPSA) is 33.1 Å². The summed E-state index contributed by atoms with van der Waals surface area (Å²) in [7, 11) is 0. The minimum Gasteiger partial charge on any atom is -0.389 e. The average molecular weight is 165 g/mol. The lowest BCUT2D eigenvalue weighted by Crippen LogP contribution is -2.00. The zero-order chi connectivity index (χ0) is 8.97. The van der Waals surface area contributed by atoms with Crippen LogP contribution in [0.15, 0.2) is 18.3 Å². The van der Waals surface area contributed by atoms with Crippen LogP contribution >= 0.6 is 0 Å². The summed E-state index contributed by atoms with van der Waals surface area (Å²) in [6.45, 7) is 3.89. The van der Waals surface area contributed by atoms with E-state index in [-0.39, 0.29) is 0 Å². The summed E-state index contributed by atoms with van der Waals surface area (Å²) in [6, 6.07) is 3.80. The first-order chi connectivity index (χ1) is 5.75. The smallest absolute Gasteiger partial charge is 0.0779 e. The normalized spacial score (nSPS) is 12.9. The molecule has 0 aromatic carbocycles. The van der Waals surface area contributed by atoms with Gasteiger partial charge >= 0.3 is 0 Å². The minimum absolute atomic E-state index is 0.403. The third-order valence-electron chi connectivity index (χ3n) is 1.86. The third-order valence-corrected chi connectivity index (χ3v) is 1.86. The number of aryl methyl sites for hydroxylation is 1. The third kappa shape index (κ3) is 2.05. The van der Waals surface area contributed by atoms with Gasteiger partial charge in [-0.1, -0.05) is 19.4 Å². The fourth-order valence-corrected chi connectivity index (χ4v) is 1.28. The first kappa shape index (κ1) is 9.20. The molecule has 0 amide bonds. The highest BCUT2D eigenvalue weighted by Gasteiger charge is 2.06. The number of rotatable bonds is 3. The van der Waals surface area contributed by atoms with Crippen molar-refractivity contribution >= 4 is 0 Å². The zero-order valence-corrected chi connectivity index (χ0v) is 7.62. The van der Waals surface area contributed by atoms with E-state index in [0.29, 0.717) is 0 Å². The fourth-order valence-electron chi connectivity index (χ4n) is 1.28. The molecule has 12 heavy (non-hydrogen) atoms. The standard InChI is InChI=1S/C10H15NO/c1-3-5-10-9(8(2)12)6-4-7-11-10/h4,6-8,12H,3,5H2,1-2H3. The maximum atomic E-state index is 9.39. The Morgan fingerprint density at radius 3 is 2.92 bits per heavy atom. The maximum absolute atomic E-state index is 9.39. The van der Waals surface area contributed by atoms with Crippen molar-refractivity contribution in [2.24, 2.45) is 0 Å². The van der Waals surface area contributed by atoms with E-state index in [1.54, 1.807) is 13.1 Å². The van der Waals surface area contributed by atoms with Gasteiger partial charge in [0.1, 0.15) is 0 Å². The Balaban J connectivity index is 2.92. The van der Waals surface area contributed by atoms with Gasteiger partial charge in [0.25, 0.3) is 0 Å². The molecule has 1 N–H and O–H groups in total. The van der Waals surface area contributed by atoms with Crippen LogP contribution in [0.2, 0.25) is 0 Å². The highest BCUT2D eigenvalue weighted by Crippen LogP contribution is 2.16. The lowest BCUT2D eigenvalue weighted by Gasteiger charge is -2.09. The van der Waals surface area contributed by atoms with Crippen molar-refractivity contribution in [3.05, 3.63) is 29.6 Å². The SMILES string of the molecule is CCCc1ncccc1C(C)O. The van der Waals surface area contributed by atoms with E-state index >= 15 is 0 Å². The van der Waals surface area contributed by atoms with E-state index in [0.717, 1.165) is 24.1 Å². The second-order valence-corrected chi connectivity index (χ2v) is 2.97. The van der Waals surface area contributed by atoms with Crippen LogP contribution in [0.3, 0.4) is 0 Å². The van der Waals surface area contributed by atoms with Crippen molar-refractivity contribution < 1.29 is 5.11 Å². The molecule has 1 unspecified atom stereocenters. The molecule has 1 aromatic heterocycles. The number of pyridine rings is 1. The van der Waals surface area contributed by atoms with Gasteiger partial charge in [-0.05, 0) is 19.4 Å². The van der Waals surface area contributed by atoms with Crippen molar-refractivity contribution in [2.75, 3.05) is 0 Å². The first-order valence-corrected chi connectivity index (χ1v) is 4.37. The number of aliphatic hydroxyl groups excluding tert-OH is 1. The molecule has 0 aliphatic carbocycles. The van der Waals surface area contributed by atoms with Crippen LogP contribution in [0.5, 0.6) is 0 Å². The van der Waals surface area contributed by atoms with Crippen LogP contribution in [0.25, 0.3) is 0 Å². The van der Waals surface area contributed by atoms with Crippen LogP contribution in [0.1, 0.15) is 37.6 Å². The summed E-state index contributed by atoms with van der Waals surface area (Å²) in [5.74, 6) is 0. The van der Waals surface area contributed by atoms with E-state index < -0.39 is 6.10 Å². The fraction of sp³-hybridized carbons (Fsp3) is 0.500. The summed E-state index contributed by atoms with van der Waals surface area (Å²) in [6.07, 6.45) is 3.38. The summed E-state index contributed by atoms with van der Waals surface area (Å²) in [5.41, 5.74) is 1.98. The Labute approximate surface area is 73.3 Å². The van der Waals surface area contributed by atoms with Gasteiger partial charge in [0, 0.05) is 17.5 Å². The minimum atomic E-state index is -0.403. The van der Waals surface area contributed by atoms with Gasteiger partial charge in [-0.25, -0.2) is 0 Å². The molecule has 1 heterocycles. The Hall–Kier alpha value is -0.890. The Morgan fingerprint density at radius 1 is 1.58 bits per heavy atom. The predicted molar refractivity (Wildman–Crippen MR) is 48.9 cm³/mol. The summed E-state index contributed by atoms with van der Waals surface area (Å²) in [5, 5.41) is 9.39. The van der Waals surface area contributed by atoms with Gasteiger partial charge < -0.3 is 5.11 Å². The van der Waals surface area contributed by atoms with Crippen molar-refractivity contribution in [3.63, 3.8) is 0 Å². The first-order valence-electron chi connectivity index (χ1n) is 4.37. The number of nitrogens with zero attached hydrogens (tertiary/aromatic N) is 1. The van der Waals surface area contributed by atoms with Crippen molar-refractivity contribution in [3.8, 4) is 0 Å². The van der Waals surface area contributed by atoms with Crippen LogP contribution in [-0.4, -0.2) is 10.1 Å². The van der Waals surface area contributed by atoms with Crippen molar-refractivity contribution in [2.45, 2.75) is 32.8 Å². The molecule has 0 aliphatic rings. The quantitative estimate of drug-likeness (QED) is 0.744. The second-order valence-electron chi connectivity index (χ2n) is 2.97. The lowest BCUT2D eigenvalue weighted by molar-refractivity contribution is 0.197. The molecule has 66 valence electrons. The molecule has 1 rings (SSSR count). The van der Waals surface area contributed by atoms with E-state index in [1.165, 1.54) is 0 Å². The monoisotopic (exact) mass is 165 g/mol. The van der Waals surface area contributed by atoms with Crippen LogP contribution < -0.4 is 0 Å². The summed E-state index contributed by atoms with van der Waals surface area (Å²) >= 11 is 0. The second kappa shape index (κ2) is 4.21. The molecule has 1 aromatic rings. The molecule has 2 heteroatoms. The van der Waals surface area contributed by atoms with Gasteiger partial charge in [-0.2, -0.15) is 0 Å². The average Bonchev–Trinajstić information content (AvgIpc) is 2.05. The highest BCUT2D eigenvalue weighted by atomic mass is 16.3. The van der Waals surface area contributed by atoms with E-state index in [1.807, 2.05) is 12.1 Å². The van der Waals surface area contributed by atoms with E-state index in [9.17, 15) is 5.11 Å². The number of aliphatic hydroxyl groups is 1. The molecule has 0 bridgehead atoms. The molecule has 0 radical (unpaired) electrons. The molecule has 0 fully saturated rings. The summed E-state index contributed by atoms with van der Waals surface area (Å²) in [4.78, 5) is 4.23. The van der Waals surface area contributed by atoms with E-state index in [2.05, 4.69) is 11.9 Å². The zero-order valence-electron chi connectivity index (χ0n) is 7.62. The van der Waals surface area contributed by atoms with Crippen molar-refractivity contribution in [1.29, 1.82) is 0 Å². The molecule has 1 atom stereocenters. The molecular weight excluding hydrogens is 150 g/mol.